The van der Waals surface area contributed by atoms with Crippen molar-refractivity contribution in [1.82, 2.24) is 4.90 Å². The highest BCUT2D eigenvalue weighted by atomic mass is 19.4. The first-order chi connectivity index (χ1) is 11.3. The van der Waals surface area contributed by atoms with Crippen molar-refractivity contribution >= 4 is 11.9 Å². The highest BCUT2D eigenvalue weighted by molar-refractivity contribution is 5.91. The van der Waals surface area contributed by atoms with E-state index in [1.807, 2.05) is 0 Å². The first-order valence-corrected chi connectivity index (χ1v) is 7.89. The molecule has 2 rings (SSSR count). The first kappa shape index (κ1) is 18.3. The van der Waals surface area contributed by atoms with E-state index < -0.39 is 24.3 Å². The first-order valence-electron chi connectivity index (χ1n) is 7.89. The number of carbonyl (C=O) groups excluding carboxylic acids is 2. The number of hydrogen-bond acceptors (Lipinski definition) is 3. The van der Waals surface area contributed by atoms with Gasteiger partial charge in [0.25, 0.3) is 5.91 Å². The average Bonchev–Trinajstić information content (AvgIpc) is 2.58. The molecule has 0 heterocycles. The maximum Gasteiger partial charge on any atom is 0.416 e. The molecule has 1 aliphatic rings. The van der Waals surface area contributed by atoms with E-state index >= 15 is 0 Å². The van der Waals surface area contributed by atoms with E-state index in [1.54, 1.807) is 11.9 Å². The van der Waals surface area contributed by atoms with E-state index in [0.29, 0.717) is 0 Å². The van der Waals surface area contributed by atoms with Crippen molar-refractivity contribution < 1.29 is 27.5 Å². The van der Waals surface area contributed by atoms with Gasteiger partial charge in [-0.15, -0.1) is 0 Å². The van der Waals surface area contributed by atoms with Crippen molar-refractivity contribution in [2.45, 2.75) is 44.3 Å². The van der Waals surface area contributed by atoms with Gasteiger partial charge in [0, 0.05) is 13.1 Å². The fraction of sp³-hybridized carbons (Fsp3) is 0.529. The van der Waals surface area contributed by atoms with Gasteiger partial charge in [0.15, 0.2) is 6.61 Å². The summed E-state index contributed by atoms with van der Waals surface area (Å²) in [6, 6.07) is 3.87. The lowest BCUT2D eigenvalue weighted by atomic mass is 9.94. The Bertz CT molecular complexity index is 578. The van der Waals surface area contributed by atoms with Gasteiger partial charge in [0.1, 0.15) is 0 Å². The fourth-order valence-corrected chi connectivity index (χ4v) is 2.78. The van der Waals surface area contributed by atoms with Gasteiger partial charge in [-0.25, -0.2) is 4.79 Å². The molecule has 1 aromatic rings. The van der Waals surface area contributed by atoms with E-state index in [0.717, 1.165) is 49.9 Å². The lowest BCUT2D eigenvalue weighted by molar-refractivity contribution is -0.137. The molecular weight excluding hydrogens is 323 g/mol. The second kappa shape index (κ2) is 7.68. The molecule has 1 saturated carbocycles. The summed E-state index contributed by atoms with van der Waals surface area (Å²) in [5, 5.41) is 0. The van der Waals surface area contributed by atoms with E-state index in [1.165, 1.54) is 6.42 Å². The number of halogens is 3. The Balaban J connectivity index is 1.86. The van der Waals surface area contributed by atoms with Crippen LogP contribution >= 0.6 is 0 Å². The lowest BCUT2D eigenvalue weighted by Gasteiger charge is -2.31. The minimum absolute atomic E-state index is 0.0175. The van der Waals surface area contributed by atoms with Gasteiger partial charge in [-0.2, -0.15) is 13.2 Å². The molecule has 1 fully saturated rings. The molecule has 0 radical (unpaired) electrons. The Morgan fingerprint density at radius 1 is 1.12 bits per heavy atom. The molecule has 4 nitrogen and oxygen atoms in total. The third kappa shape index (κ3) is 4.72. The largest absolute Gasteiger partial charge is 0.452 e. The molecule has 1 amide bonds. The molecule has 1 aliphatic carbocycles. The monoisotopic (exact) mass is 343 g/mol. The van der Waals surface area contributed by atoms with Gasteiger partial charge >= 0.3 is 12.1 Å². The number of ether oxygens (including phenoxy) is 1. The van der Waals surface area contributed by atoms with Crippen LogP contribution in [0.3, 0.4) is 0 Å². The van der Waals surface area contributed by atoms with E-state index in [9.17, 15) is 22.8 Å². The highest BCUT2D eigenvalue weighted by Crippen LogP contribution is 2.29. The number of amides is 1. The van der Waals surface area contributed by atoms with Crippen LogP contribution in [0.25, 0.3) is 0 Å². The number of nitrogens with zero attached hydrogens (tertiary/aromatic N) is 1. The van der Waals surface area contributed by atoms with Crippen LogP contribution in [0.2, 0.25) is 0 Å². The second-order valence-electron chi connectivity index (χ2n) is 5.95. The number of alkyl halides is 3. The predicted molar refractivity (Wildman–Crippen MR) is 81.4 cm³/mol. The minimum atomic E-state index is -4.46. The van der Waals surface area contributed by atoms with Crippen molar-refractivity contribution in [2.24, 2.45) is 0 Å². The topological polar surface area (TPSA) is 46.6 Å². The van der Waals surface area contributed by atoms with Crippen molar-refractivity contribution in [3.05, 3.63) is 35.4 Å². The van der Waals surface area contributed by atoms with Gasteiger partial charge < -0.3 is 9.64 Å². The summed E-state index contributed by atoms with van der Waals surface area (Å²) < 4.78 is 42.3. The van der Waals surface area contributed by atoms with Crippen LogP contribution in [0.5, 0.6) is 0 Å². The summed E-state index contributed by atoms with van der Waals surface area (Å²) in [6.07, 6.45) is 0.744. The van der Waals surface area contributed by atoms with E-state index in [-0.39, 0.29) is 17.5 Å². The molecule has 1 aromatic carbocycles. The van der Waals surface area contributed by atoms with Crippen LogP contribution in [-0.2, 0) is 15.7 Å². The molecule has 0 N–H and O–H groups in total. The number of hydrogen-bond donors (Lipinski definition) is 0. The number of likely N-dealkylation sites (N-methyl/N-ethyl adjacent to an activating group) is 1. The van der Waals surface area contributed by atoms with Gasteiger partial charge in [-0.1, -0.05) is 19.3 Å². The van der Waals surface area contributed by atoms with E-state index in [2.05, 4.69) is 0 Å². The molecule has 7 heteroatoms. The Hall–Kier alpha value is -2.05. The van der Waals surface area contributed by atoms with Crippen LogP contribution in [-0.4, -0.2) is 36.5 Å². The number of benzene rings is 1. The Kier molecular flexibility index (Phi) is 5.85. The Morgan fingerprint density at radius 2 is 1.71 bits per heavy atom. The number of esters is 1. The smallest absolute Gasteiger partial charge is 0.416 e. The van der Waals surface area contributed by atoms with Crippen molar-refractivity contribution in [3.63, 3.8) is 0 Å². The maximum absolute atomic E-state index is 12.5. The minimum Gasteiger partial charge on any atom is -0.452 e. The van der Waals surface area contributed by atoms with Gasteiger partial charge in [-0.05, 0) is 37.1 Å². The molecule has 0 spiro atoms. The molecule has 0 aromatic heterocycles. The summed E-state index contributed by atoms with van der Waals surface area (Å²) in [6.45, 7) is -0.410. The summed E-state index contributed by atoms with van der Waals surface area (Å²) in [7, 11) is 1.68. The third-order valence-corrected chi connectivity index (χ3v) is 4.29. The fourth-order valence-electron chi connectivity index (χ4n) is 2.78. The highest BCUT2D eigenvalue weighted by Gasteiger charge is 2.30. The molecule has 0 aliphatic heterocycles. The average molecular weight is 343 g/mol. The Morgan fingerprint density at radius 3 is 2.25 bits per heavy atom. The number of rotatable bonds is 4. The lowest BCUT2D eigenvalue weighted by Crippen LogP contribution is -2.40. The third-order valence-electron chi connectivity index (χ3n) is 4.29. The van der Waals surface area contributed by atoms with Crippen molar-refractivity contribution in [1.29, 1.82) is 0 Å². The van der Waals surface area contributed by atoms with Gasteiger partial charge in [-0.3, -0.25) is 4.79 Å². The summed E-state index contributed by atoms with van der Waals surface area (Å²) in [4.78, 5) is 25.5. The molecular formula is C17H20F3NO3. The molecule has 24 heavy (non-hydrogen) atoms. The second-order valence-corrected chi connectivity index (χ2v) is 5.95. The zero-order chi connectivity index (χ0) is 17.7. The standard InChI is InChI=1S/C17H20F3NO3/c1-21(14-5-3-2-4-6-14)15(22)11-24-16(23)12-7-9-13(10-8-12)17(18,19)20/h7-10,14H,2-6,11H2,1H3. The molecule has 0 atom stereocenters. The van der Waals surface area contributed by atoms with Gasteiger partial charge in [0.2, 0.25) is 0 Å². The summed E-state index contributed by atoms with van der Waals surface area (Å²) in [5.41, 5.74) is -0.858. The number of carbonyl (C=O) groups is 2. The quantitative estimate of drug-likeness (QED) is 0.784. The Labute approximate surface area is 138 Å². The van der Waals surface area contributed by atoms with E-state index in [4.69, 9.17) is 4.74 Å². The molecule has 132 valence electrons. The van der Waals surface area contributed by atoms with Crippen LogP contribution < -0.4 is 0 Å². The predicted octanol–water partition coefficient (Wildman–Crippen LogP) is 3.65. The maximum atomic E-state index is 12.5. The summed E-state index contributed by atoms with van der Waals surface area (Å²) in [5.74, 6) is -1.11. The van der Waals surface area contributed by atoms with Gasteiger partial charge in [0.05, 0.1) is 11.1 Å². The molecule has 0 bridgehead atoms. The van der Waals surface area contributed by atoms with Crippen molar-refractivity contribution in [3.8, 4) is 0 Å². The van der Waals surface area contributed by atoms with Crippen molar-refractivity contribution in [2.75, 3.05) is 13.7 Å². The molecule has 0 saturated heterocycles. The zero-order valence-corrected chi connectivity index (χ0v) is 13.4. The van der Waals surface area contributed by atoms with Crippen LogP contribution in [0.1, 0.15) is 48.0 Å². The zero-order valence-electron chi connectivity index (χ0n) is 13.4. The van der Waals surface area contributed by atoms with Crippen LogP contribution in [0, 0.1) is 0 Å². The summed E-state index contributed by atoms with van der Waals surface area (Å²) >= 11 is 0. The SMILES string of the molecule is CN(C(=O)COC(=O)c1ccc(C(F)(F)F)cc1)C1CCCCC1. The van der Waals surface area contributed by atoms with Crippen LogP contribution in [0.4, 0.5) is 13.2 Å². The van der Waals surface area contributed by atoms with Crippen LogP contribution in [0.15, 0.2) is 24.3 Å². The normalized spacial score (nSPS) is 15.8. The molecule has 0 unspecified atom stereocenters.